The molecule has 0 bridgehead atoms. The number of hydrogen-bond acceptors (Lipinski definition) is 9. The van der Waals surface area contributed by atoms with Crippen LogP contribution in [0.1, 0.15) is 50.7 Å². The molecule has 2 heterocycles. The Morgan fingerprint density at radius 2 is 1.16 bits per heavy atom. The van der Waals surface area contributed by atoms with Gasteiger partial charge in [0.05, 0.1) is 5.92 Å². The van der Waals surface area contributed by atoms with Crippen molar-refractivity contribution in [3.63, 3.8) is 0 Å². The average Bonchev–Trinajstić information content (AvgIpc) is 3.28. The summed E-state index contributed by atoms with van der Waals surface area (Å²) in [5.41, 5.74) is 1.62. The largest absolute Gasteiger partial charge is 0.508 e. The quantitative estimate of drug-likeness (QED) is 0.236. The molecule has 9 nitrogen and oxygen atoms in total. The molecule has 0 spiro atoms. The van der Waals surface area contributed by atoms with Crippen molar-refractivity contribution in [1.29, 1.82) is 0 Å². The number of hydrogen-bond donors (Lipinski definition) is 6. The molecular weight excluding hydrogens is 492 g/mol. The van der Waals surface area contributed by atoms with Crippen molar-refractivity contribution in [2.45, 2.75) is 24.2 Å². The molecule has 38 heavy (non-hydrogen) atoms. The van der Waals surface area contributed by atoms with Gasteiger partial charge in [-0.1, -0.05) is 24.3 Å². The van der Waals surface area contributed by atoms with E-state index in [1.54, 1.807) is 12.1 Å². The van der Waals surface area contributed by atoms with Gasteiger partial charge in [-0.3, -0.25) is 4.79 Å². The molecule has 0 unspecified atom stereocenters. The van der Waals surface area contributed by atoms with Gasteiger partial charge in [-0.05, 0) is 53.1 Å². The van der Waals surface area contributed by atoms with Gasteiger partial charge in [-0.15, -0.1) is 0 Å². The molecule has 4 atom stereocenters. The normalized spacial score (nSPS) is 21.8. The van der Waals surface area contributed by atoms with Gasteiger partial charge in [0.2, 0.25) is 5.78 Å². The predicted molar refractivity (Wildman–Crippen MR) is 133 cm³/mol. The van der Waals surface area contributed by atoms with Crippen LogP contribution in [0.2, 0.25) is 0 Å². The molecule has 9 heteroatoms. The van der Waals surface area contributed by atoms with Crippen LogP contribution in [0.3, 0.4) is 0 Å². The molecule has 6 N–H and O–H groups in total. The van der Waals surface area contributed by atoms with E-state index >= 15 is 0 Å². The number of phenols is 5. The van der Waals surface area contributed by atoms with Gasteiger partial charge in [0.1, 0.15) is 51.9 Å². The van der Waals surface area contributed by atoms with E-state index in [1.165, 1.54) is 60.7 Å². The van der Waals surface area contributed by atoms with Crippen molar-refractivity contribution < 1.29 is 44.9 Å². The van der Waals surface area contributed by atoms with Crippen LogP contribution in [-0.4, -0.2) is 42.5 Å². The maximum absolute atomic E-state index is 13.5. The van der Waals surface area contributed by atoms with E-state index in [4.69, 9.17) is 9.47 Å². The first kappa shape index (κ1) is 23.5. The Morgan fingerprint density at radius 1 is 0.605 bits per heavy atom. The average molecular weight is 514 g/mol. The number of phenolic OH excluding ortho intramolecular Hbond substituents is 5. The maximum atomic E-state index is 13.5. The molecule has 0 saturated heterocycles. The summed E-state index contributed by atoms with van der Waals surface area (Å²) in [7, 11) is 0. The second-order valence-electron chi connectivity index (χ2n) is 9.34. The molecule has 0 radical (unpaired) electrons. The van der Waals surface area contributed by atoms with Crippen molar-refractivity contribution >= 4 is 5.78 Å². The van der Waals surface area contributed by atoms with Crippen LogP contribution in [0.15, 0.2) is 72.8 Å². The summed E-state index contributed by atoms with van der Waals surface area (Å²) in [4.78, 5) is 13.5. The van der Waals surface area contributed by atoms with Crippen molar-refractivity contribution in [2.24, 2.45) is 0 Å². The van der Waals surface area contributed by atoms with Crippen molar-refractivity contribution in [3.05, 3.63) is 101 Å². The standard InChI is InChI=1S/C29H22O9/c30-16-5-1-13(2-6-16)27-22(15-9-18(32)11-19(33)10-15)23-20(34)12-21-24(29(23)38-27)25(35)26(36)28(37-21)14-3-7-17(31)8-4-14/h1-12,22,26-28,30-34,36H/t22-,26+,27+,28-/m0/s1. The van der Waals surface area contributed by atoms with Crippen LogP contribution in [0, 0.1) is 0 Å². The van der Waals surface area contributed by atoms with Gasteiger partial charge in [0.25, 0.3) is 0 Å². The summed E-state index contributed by atoms with van der Waals surface area (Å²) >= 11 is 0. The molecule has 2 aliphatic rings. The Balaban J connectivity index is 1.52. The molecule has 6 rings (SSSR count). The summed E-state index contributed by atoms with van der Waals surface area (Å²) < 4.78 is 12.3. The highest BCUT2D eigenvalue weighted by Gasteiger charge is 2.47. The highest BCUT2D eigenvalue weighted by molar-refractivity contribution is 6.06. The highest BCUT2D eigenvalue weighted by Crippen LogP contribution is 2.58. The second kappa shape index (κ2) is 8.60. The van der Waals surface area contributed by atoms with E-state index in [-0.39, 0.29) is 51.4 Å². The smallest absolute Gasteiger partial charge is 0.202 e. The van der Waals surface area contributed by atoms with Gasteiger partial charge >= 0.3 is 0 Å². The molecule has 4 aromatic rings. The summed E-state index contributed by atoms with van der Waals surface area (Å²) in [6.07, 6.45) is -3.51. The number of fused-ring (bicyclic) bond motifs is 3. The second-order valence-corrected chi connectivity index (χ2v) is 9.34. The van der Waals surface area contributed by atoms with E-state index in [0.29, 0.717) is 16.7 Å². The lowest BCUT2D eigenvalue weighted by atomic mass is 9.82. The fraction of sp³-hybridized carbons (Fsp3) is 0.138. The lowest BCUT2D eigenvalue weighted by molar-refractivity contribution is 0.0208. The van der Waals surface area contributed by atoms with Crippen LogP contribution in [0.25, 0.3) is 0 Å². The van der Waals surface area contributed by atoms with Gasteiger partial charge < -0.3 is 40.1 Å². The number of aliphatic hydroxyl groups is 1. The summed E-state index contributed by atoms with van der Waals surface area (Å²) in [6, 6.07) is 17.3. The first-order valence-corrected chi connectivity index (χ1v) is 11.8. The van der Waals surface area contributed by atoms with E-state index in [1.807, 2.05) is 0 Å². The Hall–Kier alpha value is -4.89. The summed E-state index contributed by atoms with van der Waals surface area (Å²) in [6.45, 7) is 0. The monoisotopic (exact) mass is 514 g/mol. The third-order valence-corrected chi connectivity index (χ3v) is 6.90. The molecule has 0 fully saturated rings. The molecule has 192 valence electrons. The molecule has 0 amide bonds. The zero-order chi connectivity index (χ0) is 26.7. The van der Waals surface area contributed by atoms with Crippen LogP contribution < -0.4 is 9.47 Å². The van der Waals surface area contributed by atoms with Crippen molar-refractivity contribution in [3.8, 4) is 40.2 Å². The molecule has 0 aliphatic carbocycles. The Labute approximate surface area is 216 Å². The maximum Gasteiger partial charge on any atom is 0.202 e. The summed E-state index contributed by atoms with van der Waals surface area (Å²) in [5, 5.41) is 61.8. The van der Waals surface area contributed by atoms with Crippen LogP contribution >= 0.6 is 0 Å². The number of aromatic hydroxyl groups is 5. The molecular formula is C29H22O9. The predicted octanol–water partition coefficient (Wildman–Crippen LogP) is 4.16. The van der Waals surface area contributed by atoms with E-state index in [9.17, 15) is 35.4 Å². The molecule has 0 aromatic heterocycles. The highest BCUT2D eigenvalue weighted by atomic mass is 16.5. The van der Waals surface area contributed by atoms with Gasteiger partial charge in [-0.25, -0.2) is 0 Å². The topological polar surface area (TPSA) is 157 Å². The lowest BCUT2D eigenvalue weighted by Crippen LogP contribution is -2.36. The van der Waals surface area contributed by atoms with Crippen molar-refractivity contribution in [1.82, 2.24) is 0 Å². The number of carbonyl (C=O) groups excluding carboxylic acids is 1. The third kappa shape index (κ3) is 3.72. The van der Waals surface area contributed by atoms with E-state index in [0.717, 1.165) is 0 Å². The first-order chi connectivity index (χ1) is 18.2. The van der Waals surface area contributed by atoms with Gasteiger partial charge in [0.15, 0.2) is 12.2 Å². The number of ketones is 1. The number of benzene rings is 4. The van der Waals surface area contributed by atoms with Gasteiger partial charge in [0, 0.05) is 17.7 Å². The number of Topliss-reactive ketones (excluding diaryl/α,β-unsaturated/α-hetero) is 1. The van der Waals surface area contributed by atoms with Crippen molar-refractivity contribution in [2.75, 3.05) is 0 Å². The van der Waals surface area contributed by atoms with Crippen LogP contribution in [-0.2, 0) is 0 Å². The van der Waals surface area contributed by atoms with E-state index < -0.39 is 30.0 Å². The first-order valence-electron chi connectivity index (χ1n) is 11.8. The zero-order valence-electron chi connectivity index (χ0n) is 19.6. The minimum atomic E-state index is -1.60. The lowest BCUT2D eigenvalue weighted by Gasteiger charge is -2.31. The molecule has 2 aliphatic heterocycles. The Bertz CT molecular complexity index is 1540. The molecule has 0 saturated carbocycles. The number of ether oxygens (including phenoxy) is 2. The number of aliphatic hydroxyl groups excluding tert-OH is 1. The minimum absolute atomic E-state index is 0.0125. The minimum Gasteiger partial charge on any atom is -0.508 e. The van der Waals surface area contributed by atoms with Crippen LogP contribution in [0.4, 0.5) is 0 Å². The third-order valence-electron chi connectivity index (χ3n) is 6.90. The van der Waals surface area contributed by atoms with E-state index in [2.05, 4.69) is 0 Å². The number of rotatable bonds is 3. The Morgan fingerprint density at radius 3 is 1.74 bits per heavy atom. The summed E-state index contributed by atoms with van der Waals surface area (Å²) in [5.74, 6) is -2.05. The molecule has 4 aromatic carbocycles. The fourth-order valence-electron chi connectivity index (χ4n) is 5.20. The fourth-order valence-corrected chi connectivity index (χ4v) is 5.20. The SMILES string of the molecule is O=C1c2c(cc(O)c3c2O[C@H](c2ccc(O)cc2)[C@H]3c2cc(O)cc(O)c2)O[C@@H](c2ccc(O)cc2)[C@@H]1O. The zero-order valence-corrected chi connectivity index (χ0v) is 19.6. The Kier molecular flexibility index (Phi) is 5.32. The van der Waals surface area contributed by atoms with Gasteiger partial charge in [-0.2, -0.15) is 0 Å². The van der Waals surface area contributed by atoms with Crippen LogP contribution in [0.5, 0.6) is 40.2 Å². The number of carbonyl (C=O) groups is 1.